The van der Waals surface area contributed by atoms with Crippen molar-refractivity contribution in [2.45, 2.75) is 13.5 Å². The van der Waals surface area contributed by atoms with Crippen LogP contribution in [-0.2, 0) is 6.54 Å². The molecule has 2 heterocycles. The number of pyridine rings is 1. The fraction of sp³-hybridized carbons (Fsp3) is 0.250. The van der Waals surface area contributed by atoms with Gasteiger partial charge in [0.2, 0.25) is 0 Å². The van der Waals surface area contributed by atoms with Gasteiger partial charge in [-0.2, -0.15) is 0 Å². The maximum absolute atomic E-state index is 10.8. The molecule has 0 saturated heterocycles. The average Bonchev–Trinajstić information content (AvgIpc) is 2.88. The third-order valence-electron chi connectivity index (χ3n) is 2.66. The topological polar surface area (TPSA) is 85.3 Å². The normalized spacial score (nSPS) is 10.4. The molecule has 7 heteroatoms. The maximum atomic E-state index is 10.8. The molecule has 2 N–H and O–H groups in total. The molecule has 19 heavy (non-hydrogen) atoms. The van der Waals surface area contributed by atoms with Crippen molar-refractivity contribution in [1.29, 1.82) is 0 Å². The largest absolute Gasteiger partial charge is 0.383 e. The van der Waals surface area contributed by atoms with Gasteiger partial charge in [-0.1, -0.05) is 6.07 Å². The molecule has 0 spiro atoms. The van der Waals surface area contributed by atoms with Crippen LogP contribution in [0.3, 0.4) is 0 Å². The van der Waals surface area contributed by atoms with Crippen molar-refractivity contribution in [3.63, 3.8) is 0 Å². The van der Waals surface area contributed by atoms with Crippen LogP contribution in [0.1, 0.15) is 11.8 Å². The second kappa shape index (κ2) is 5.66. The van der Waals surface area contributed by atoms with E-state index >= 15 is 0 Å². The van der Waals surface area contributed by atoms with E-state index in [9.17, 15) is 10.1 Å². The first-order valence-corrected chi connectivity index (χ1v) is 6.67. The minimum Gasteiger partial charge on any atom is -0.383 e. The van der Waals surface area contributed by atoms with Gasteiger partial charge in [0, 0.05) is 11.4 Å². The Balaban J connectivity index is 2.29. The second-order valence-corrected chi connectivity index (χ2v) is 4.99. The van der Waals surface area contributed by atoms with Gasteiger partial charge in [0.1, 0.15) is 11.6 Å². The fourth-order valence-corrected chi connectivity index (χ4v) is 2.45. The summed E-state index contributed by atoms with van der Waals surface area (Å²) in [7, 11) is 0. The smallest absolute Gasteiger partial charge is 0.276 e. The van der Waals surface area contributed by atoms with Crippen LogP contribution in [0, 0.1) is 10.1 Å². The molecule has 0 aliphatic heterocycles. The molecular weight excluding hydrogens is 264 g/mol. The zero-order valence-electron chi connectivity index (χ0n) is 10.4. The van der Waals surface area contributed by atoms with Gasteiger partial charge in [0.05, 0.1) is 23.6 Å². The van der Waals surface area contributed by atoms with Crippen LogP contribution in [0.25, 0.3) is 0 Å². The van der Waals surface area contributed by atoms with Crippen LogP contribution in [0.15, 0.2) is 29.6 Å². The average molecular weight is 278 g/mol. The molecule has 0 amide bonds. The maximum Gasteiger partial charge on any atom is 0.276 e. The van der Waals surface area contributed by atoms with Crippen LogP contribution in [0.2, 0.25) is 0 Å². The summed E-state index contributed by atoms with van der Waals surface area (Å²) in [6.45, 7) is 3.34. The summed E-state index contributed by atoms with van der Waals surface area (Å²) >= 11 is 1.64. The number of nitrogens with zero attached hydrogens (tertiary/aromatic N) is 3. The van der Waals surface area contributed by atoms with E-state index in [2.05, 4.69) is 4.98 Å². The minimum atomic E-state index is -0.458. The molecule has 2 rings (SSSR count). The van der Waals surface area contributed by atoms with Crippen LogP contribution in [-0.4, -0.2) is 16.5 Å². The first kappa shape index (κ1) is 13.3. The monoisotopic (exact) mass is 278 g/mol. The number of rotatable bonds is 5. The number of thiophene rings is 1. The fourth-order valence-electron chi connectivity index (χ4n) is 1.74. The second-order valence-electron chi connectivity index (χ2n) is 3.96. The molecule has 6 nitrogen and oxygen atoms in total. The van der Waals surface area contributed by atoms with E-state index in [1.165, 1.54) is 17.0 Å². The Morgan fingerprint density at radius 2 is 2.32 bits per heavy atom. The summed E-state index contributed by atoms with van der Waals surface area (Å²) < 4.78 is 0. The molecule has 100 valence electrons. The lowest BCUT2D eigenvalue weighted by atomic mass is 10.3. The highest BCUT2D eigenvalue weighted by Gasteiger charge is 2.14. The third-order valence-corrected chi connectivity index (χ3v) is 3.52. The number of nitrogens with two attached hydrogens (primary N) is 1. The first-order chi connectivity index (χ1) is 9.10. The van der Waals surface area contributed by atoms with Gasteiger partial charge in [-0.05, 0) is 18.4 Å². The van der Waals surface area contributed by atoms with Gasteiger partial charge in [-0.15, -0.1) is 11.3 Å². The van der Waals surface area contributed by atoms with Crippen LogP contribution < -0.4 is 10.6 Å². The van der Waals surface area contributed by atoms with E-state index in [4.69, 9.17) is 5.73 Å². The lowest BCUT2D eigenvalue weighted by Gasteiger charge is -2.21. The zero-order chi connectivity index (χ0) is 13.8. The first-order valence-electron chi connectivity index (χ1n) is 5.79. The summed E-state index contributed by atoms with van der Waals surface area (Å²) in [5.41, 5.74) is 5.59. The van der Waals surface area contributed by atoms with Crippen LogP contribution in [0.5, 0.6) is 0 Å². The zero-order valence-corrected chi connectivity index (χ0v) is 11.3. The van der Waals surface area contributed by atoms with Crippen molar-refractivity contribution in [2.24, 2.45) is 0 Å². The van der Waals surface area contributed by atoms with E-state index in [1.54, 1.807) is 11.3 Å². The standard InChI is InChI=1S/C12H14N4O2S/c1-2-15(8-10-4-3-5-19-10)12-7-9(16(17)18)6-11(13)14-12/h3-7H,2,8H2,1H3,(H2,13,14). The van der Waals surface area contributed by atoms with Crippen molar-refractivity contribution in [1.82, 2.24) is 4.98 Å². The van der Waals surface area contributed by atoms with Crippen LogP contribution >= 0.6 is 11.3 Å². The molecule has 0 bridgehead atoms. The van der Waals surface area contributed by atoms with Gasteiger partial charge in [0.15, 0.2) is 0 Å². The number of nitrogen functional groups attached to an aromatic ring is 1. The Hall–Kier alpha value is -2.15. The third kappa shape index (κ3) is 3.19. The molecule has 0 saturated carbocycles. The SMILES string of the molecule is CCN(Cc1cccs1)c1cc([N+](=O)[O-])cc(N)n1. The van der Waals surface area contributed by atoms with E-state index in [1.807, 2.05) is 29.3 Å². The predicted octanol–water partition coefficient (Wildman–Crippen LogP) is 2.66. The van der Waals surface area contributed by atoms with Crippen LogP contribution in [0.4, 0.5) is 17.3 Å². The molecule has 0 fully saturated rings. The van der Waals surface area contributed by atoms with Gasteiger partial charge < -0.3 is 10.6 Å². The Morgan fingerprint density at radius 1 is 1.53 bits per heavy atom. The van der Waals surface area contributed by atoms with Gasteiger partial charge in [0.25, 0.3) is 5.69 Å². The Kier molecular flexibility index (Phi) is 3.96. The summed E-state index contributed by atoms with van der Waals surface area (Å²) in [5.74, 6) is 0.691. The molecule has 0 aliphatic carbocycles. The van der Waals surface area contributed by atoms with Crippen molar-refractivity contribution in [3.05, 3.63) is 44.6 Å². The highest BCUT2D eigenvalue weighted by atomic mass is 32.1. The highest BCUT2D eigenvalue weighted by molar-refractivity contribution is 7.09. The number of aromatic nitrogens is 1. The summed E-state index contributed by atoms with van der Waals surface area (Å²) in [6, 6.07) is 6.72. The molecule has 0 atom stereocenters. The Bertz CT molecular complexity index is 571. The molecule has 0 aromatic carbocycles. The summed E-state index contributed by atoms with van der Waals surface area (Å²) in [4.78, 5) is 17.7. The van der Waals surface area contributed by atoms with Crippen molar-refractivity contribution in [2.75, 3.05) is 17.2 Å². The molecule has 2 aromatic heterocycles. The van der Waals surface area contributed by atoms with E-state index in [0.717, 1.165) is 0 Å². The predicted molar refractivity (Wildman–Crippen MR) is 76.3 cm³/mol. The van der Waals surface area contributed by atoms with Gasteiger partial charge in [-0.3, -0.25) is 10.1 Å². The Morgan fingerprint density at radius 3 is 2.89 bits per heavy atom. The van der Waals surface area contributed by atoms with Gasteiger partial charge in [-0.25, -0.2) is 4.98 Å². The lowest BCUT2D eigenvalue weighted by Crippen LogP contribution is -2.23. The summed E-state index contributed by atoms with van der Waals surface area (Å²) in [6.07, 6.45) is 0. The van der Waals surface area contributed by atoms with Gasteiger partial charge >= 0.3 is 0 Å². The molecule has 0 unspecified atom stereocenters. The van der Waals surface area contributed by atoms with Crippen molar-refractivity contribution in [3.8, 4) is 0 Å². The molecule has 0 radical (unpaired) electrons. The molecule has 0 aliphatic rings. The number of nitro groups is 1. The van der Waals surface area contributed by atoms with E-state index in [0.29, 0.717) is 18.9 Å². The van der Waals surface area contributed by atoms with E-state index in [-0.39, 0.29) is 11.5 Å². The highest BCUT2D eigenvalue weighted by Crippen LogP contribution is 2.24. The number of anilines is 2. The lowest BCUT2D eigenvalue weighted by molar-refractivity contribution is -0.384. The molecular formula is C12H14N4O2S. The van der Waals surface area contributed by atoms with Crippen molar-refractivity contribution < 1.29 is 4.92 Å². The quantitative estimate of drug-likeness (QED) is 0.671. The summed E-state index contributed by atoms with van der Waals surface area (Å²) in [5, 5.41) is 12.8. The number of hydrogen-bond acceptors (Lipinski definition) is 6. The van der Waals surface area contributed by atoms with Crippen molar-refractivity contribution >= 4 is 28.7 Å². The minimum absolute atomic E-state index is 0.0351. The van der Waals surface area contributed by atoms with E-state index < -0.39 is 4.92 Å². The number of hydrogen-bond donors (Lipinski definition) is 1. The molecule has 2 aromatic rings. The Labute approximate surface area is 114 Å².